The number of fused-ring (bicyclic) bond motifs is 1. The van der Waals surface area contributed by atoms with Crippen LogP contribution < -0.4 is 11.1 Å². The molecule has 3 amide bonds. The zero-order valence-electron chi connectivity index (χ0n) is 9.79. The number of imide groups is 1. The van der Waals surface area contributed by atoms with E-state index in [0.29, 0.717) is 10.9 Å². The number of carboxylic acids is 1. The fraction of sp³-hybridized carbons (Fsp3) is 0.0833. The van der Waals surface area contributed by atoms with Crippen LogP contribution in [0.15, 0.2) is 30.5 Å². The van der Waals surface area contributed by atoms with Crippen LogP contribution >= 0.6 is 0 Å². The van der Waals surface area contributed by atoms with Crippen molar-refractivity contribution in [1.29, 1.82) is 0 Å². The number of nitrogens with one attached hydrogen (secondary N) is 1. The average molecular weight is 261 g/mol. The molecule has 1 aromatic heterocycles. The Bertz CT molecular complexity index is 675. The highest BCUT2D eigenvalue weighted by molar-refractivity contribution is 6.03. The van der Waals surface area contributed by atoms with Crippen LogP contribution in [0.1, 0.15) is 10.4 Å². The number of nitrogens with two attached hydrogens (primary N) is 1. The fourth-order valence-corrected chi connectivity index (χ4v) is 1.88. The van der Waals surface area contributed by atoms with Crippen LogP contribution in [0.25, 0.3) is 10.9 Å². The van der Waals surface area contributed by atoms with Crippen molar-refractivity contribution in [3.63, 3.8) is 0 Å². The van der Waals surface area contributed by atoms with Gasteiger partial charge in [0.15, 0.2) is 0 Å². The number of hydrogen-bond donors (Lipinski definition) is 3. The Balaban J connectivity index is 2.36. The number of benzene rings is 1. The van der Waals surface area contributed by atoms with Crippen LogP contribution in [-0.4, -0.2) is 27.6 Å². The van der Waals surface area contributed by atoms with Gasteiger partial charge in [-0.1, -0.05) is 6.07 Å². The van der Waals surface area contributed by atoms with Crippen molar-refractivity contribution in [3.8, 4) is 0 Å². The van der Waals surface area contributed by atoms with E-state index in [4.69, 9.17) is 10.8 Å². The summed E-state index contributed by atoms with van der Waals surface area (Å²) in [6.07, 6.45) is 1.58. The molecule has 0 aliphatic carbocycles. The lowest BCUT2D eigenvalue weighted by atomic mass is 10.1. The monoisotopic (exact) mass is 261 g/mol. The second-order valence-electron chi connectivity index (χ2n) is 3.90. The summed E-state index contributed by atoms with van der Waals surface area (Å²) < 4.78 is 1.54. The molecule has 0 atom stereocenters. The first kappa shape index (κ1) is 12.6. The van der Waals surface area contributed by atoms with E-state index in [2.05, 4.69) is 0 Å². The minimum Gasteiger partial charge on any atom is -0.478 e. The van der Waals surface area contributed by atoms with Crippen molar-refractivity contribution in [2.24, 2.45) is 5.73 Å². The van der Waals surface area contributed by atoms with Crippen LogP contribution in [0.2, 0.25) is 0 Å². The molecule has 98 valence electrons. The number of aromatic carboxylic acids is 1. The van der Waals surface area contributed by atoms with Gasteiger partial charge in [-0.3, -0.25) is 10.1 Å². The Kier molecular flexibility index (Phi) is 3.19. The molecule has 0 unspecified atom stereocenters. The number of amides is 3. The van der Waals surface area contributed by atoms with Crippen molar-refractivity contribution in [2.45, 2.75) is 6.54 Å². The van der Waals surface area contributed by atoms with E-state index in [9.17, 15) is 14.4 Å². The summed E-state index contributed by atoms with van der Waals surface area (Å²) in [5.41, 5.74) is 5.60. The molecule has 0 aliphatic rings. The van der Waals surface area contributed by atoms with E-state index in [1.54, 1.807) is 29.0 Å². The summed E-state index contributed by atoms with van der Waals surface area (Å²) >= 11 is 0. The Hall–Kier alpha value is -2.83. The molecular weight excluding hydrogens is 250 g/mol. The van der Waals surface area contributed by atoms with Gasteiger partial charge in [-0.25, -0.2) is 9.59 Å². The topological polar surface area (TPSA) is 114 Å². The number of carbonyl (C=O) groups excluding carboxylic acids is 2. The van der Waals surface area contributed by atoms with Gasteiger partial charge in [0.05, 0.1) is 5.56 Å². The van der Waals surface area contributed by atoms with Crippen LogP contribution in [0.4, 0.5) is 4.79 Å². The van der Waals surface area contributed by atoms with Gasteiger partial charge in [0.1, 0.15) is 6.54 Å². The maximum absolute atomic E-state index is 11.4. The van der Waals surface area contributed by atoms with Crippen LogP contribution in [0, 0.1) is 0 Å². The molecule has 0 saturated heterocycles. The van der Waals surface area contributed by atoms with Gasteiger partial charge in [0.2, 0.25) is 5.91 Å². The Labute approximate surface area is 107 Å². The molecule has 2 rings (SSSR count). The SMILES string of the molecule is NC(=O)NC(=O)Cn1ccc2c(C(=O)O)cccc21. The van der Waals surface area contributed by atoms with Crippen molar-refractivity contribution < 1.29 is 19.5 Å². The first-order valence-corrected chi connectivity index (χ1v) is 5.39. The number of carbonyl (C=O) groups is 3. The summed E-state index contributed by atoms with van der Waals surface area (Å²) in [5.74, 6) is -1.60. The maximum Gasteiger partial charge on any atom is 0.336 e. The average Bonchev–Trinajstić information content (AvgIpc) is 2.71. The van der Waals surface area contributed by atoms with E-state index in [1.807, 2.05) is 5.32 Å². The first-order chi connectivity index (χ1) is 8.99. The second kappa shape index (κ2) is 4.81. The van der Waals surface area contributed by atoms with E-state index in [0.717, 1.165) is 0 Å². The van der Waals surface area contributed by atoms with E-state index in [1.165, 1.54) is 6.07 Å². The molecule has 19 heavy (non-hydrogen) atoms. The van der Waals surface area contributed by atoms with Gasteiger partial charge in [-0.15, -0.1) is 0 Å². The van der Waals surface area contributed by atoms with Crippen molar-refractivity contribution >= 4 is 28.8 Å². The summed E-state index contributed by atoms with van der Waals surface area (Å²) in [6.45, 7) is -0.116. The van der Waals surface area contributed by atoms with E-state index >= 15 is 0 Å². The largest absolute Gasteiger partial charge is 0.478 e. The Morgan fingerprint density at radius 2 is 2.00 bits per heavy atom. The molecule has 7 heteroatoms. The van der Waals surface area contributed by atoms with Crippen molar-refractivity contribution in [3.05, 3.63) is 36.0 Å². The quantitative estimate of drug-likeness (QED) is 0.747. The van der Waals surface area contributed by atoms with Gasteiger partial charge >= 0.3 is 12.0 Å². The second-order valence-corrected chi connectivity index (χ2v) is 3.90. The van der Waals surface area contributed by atoms with Gasteiger partial charge in [-0.05, 0) is 18.2 Å². The number of primary amides is 1. The minimum atomic E-state index is -1.04. The smallest absolute Gasteiger partial charge is 0.336 e. The molecular formula is C12H11N3O4. The normalized spacial score (nSPS) is 10.3. The van der Waals surface area contributed by atoms with Crippen LogP contribution in [0.5, 0.6) is 0 Å². The molecule has 0 radical (unpaired) electrons. The Morgan fingerprint density at radius 3 is 2.63 bits per heavy atom. The predicted octanol–water partition coefficient (Wildman–Crippen LogP) is 0.534. The lowest BCUT2D eigenvalue weighted by Crippen LogP contribution is -2.37. The lowest BCUT2D eigenvalue weighted by molar-refractivity contribution is -0.120. The summed E-state index contributed by atoms with van der Waals surface area (Å²) in [4.78, 5) is 33.0. The van der Waals surface area contributed by atoms with Gasteiger partial charge in [0, 0.05) is 17.1 Å². The van der Waals surface area contributed by atoms with Crippen molar-refractivity contribution in [1.82, 2.24) is 9.88 Å². The molecule has 0 spiro atoms. The van der Waals surface area contributed by atoms with Gasteiger partial charge in [0.25, 0.3) is 0 Å². The third-order valence-electron chi connectivity index (χ3n) is 2.62. The zero-order valence-corrected chi connectivity index (χ0v) is 9.79. The van der Waals surface area contributed by atoms with Crippen LogP contribution in [-0.2, 0) is 11.3 Å². The number of aromatic nitrogens is 1. The first-order valence-electron chi connectivity index (χ1n) is 5.39. The fourth-order valence-electron chi connectivity index (χ4n) is 1.88. The molecule has 0 bridgehead atoms. The van der Waals surface area contributed by atoms with Crippen molar-refractivity contribution in [2.75, 3.05) is 0 Å². The molecule has 1 heterocycles. The lowest BCUT2D eigenvalue weighted by Gasteiger charge is -2.05. The molecule has 1 aromatic carbocycles. The standard InChI is InChI=1S/C12H11N3O4/c13-12(19)14-10(16)6-15-5-4-7-8(11(17)18)2-1-3-9(7)15/h1-5H,6H2,(H,17,18)(H3,13,14,16,19). The van der Waals surface area contributed by atoms with Gasteiger partial charge in [-0.2, -0.15) is 0 Å². The van der Waals surface area contributed by atoms with Gasteiger partial charge < -0.3 is 15.4 Å². The van der Waals surface area contributed by atoms with Crippen LogP contribution in [0.3, 0.4) is 0 Å². The number of rotatable bonds is 3. The third kappa shape index (κ3) is 2.54. The van der Waals surface area contributed by atoms with E-state index < -0.39 is 17.9 Å². The molecule has 0 fully saturated rings. The summed E-state index contributed by atoms with van der Waals surface area (Å²) in [7, 11) is 0. The Morgan fingerprint density at radius 1 is 1.26 bits per heavy atom. The number of nitrogens with zero attached hydrogens (tertiary/aromatic N) is 1. The predicted molar refractivity (Wildman–Crippen MR) is 66.6 cm³/mol. The molecule has 0 saturated carbocycles. The number of carboxylic acid groups (broad SMARTS) is 1. The molecule has 2 aromatic rings. The maximum atomic E-state index is 11.4. The number of hydrogen-bond acceptors (Lipinski definition) is 3. The third-order valence-corrected chi connectivity index (χ3v) is 2.62. The zero-order chi connectivity index (χ0) is 14.0. The number of urea groups is 1. The summed E-state index contributed by atoms with van der Waals surface area (Å²) in [5, 5.41) is 11.5. The summed E-state index contributed by atoms with van der Waals surface area (Å²) in [6, 6.07) is 5.45. The minimum absolute atomic E-state index is 0.116. The highest BCUT2D eigenvalue weighted by Crippen LogP contribution is 2.20. The molecule has 0 aliphatic heterocycles. The molecule has 7 nitrogen and oxygen atoms in total. The molecule has 4 N–H and O–H groups in total. The highest BCUT2D eigenvalue weighted by Gasteiger charge is 2.12. The van der Waals surface area contributed by atoms with E-state index in [-0.39, 0.29) is 12.1 Å². The highest BCUT2D eigenvalue weighted by atomic mass is 16.4.